The van der Waals surface area contributed by atoms with Gasteiger partial charge in [-0.3, -0.25) is 4.79 Å². The SMILES string of the molecule is CCOc1ccc2c(C(=O)NCCC(C)C)cc(=O)oc2c1. The smallest absolute Gasteiger partial charge is 0.337 e. The van der Waals surface area contributed by atoms with Crippen LogP contribution in [0.3, 0.4) is 0 Å². The Balaban J connectivity index is 2.32. The second-order valence-electron chi connectivity index (χ2n) is 5.51. The molecule has 1 aromatic carbocycles. The molecule has 0 aliphatic rings. The lowest BCUT2D eigenvalue weighted by Gasteiger charge is -2.09. The summed E-state index contributed by atoms with van der Waals surface area (Å²) in [5, 5.41) is 3.44. The molecule has 2 rings (SSSR count). The zero-order chi connectivity index (χ0) is 16.1. The first-order valence-electron chi connectivity index (χ1n) is 7.50. The standard InChI is InChI=1S/C17H21NO4/c1-4-21-12-5-6-13-14(10-16(19)22-15(13)9-12)17(20)18-8-7-11(2)3/h5-6,9-11H,4,7-8H2,1-3H3,(H,18,20). The summed E-state index contributed by atoms with van der Waals surface area (Å²) in [5.41, 5.74) is 0.140. The summed E-state index contributed by atoms with van der Waals surface area (Å²) in [6.45, 7) is 7.15. The number of carbonyl (C=O) groups excluding carboxylic acids is 1. The Morgan fingerprint density at radius 2 is 2.09 bits per heavy atom. The minimum atomic E-state index is -0.546. The van der Waals surface area contributed by atoms with Crippen molar-refractivity contribution in [3.8, 4) is 5.75 Å². The fourth-order valence-electron chi connectivity index (χ4n) is 2.16. The molecule has 0 fully saturated rings. The molecule has 1 N–H and O–H groups in total. The number of rotatable bonds is 6. The van der Waals surface area contributed by atoms with Crippen LogP contribution in [0.15, 0.2) is 33.5 Å². The van der Waals surface area contributed by atoms with Crippen LogP contribution in [-0.4, -0.2) is 19.1 Å². The molecular formula is C17H21NO4. The van der Waals surface area contributed by atoms with E-state index in [1.165, 1.54) is 6.07 Å². The minimum absolute atomic E-state index is 0.261. The quantitative estimate of drug-likeness (QED) is 0.833. The Morgan fingerprint density at radius 1 is 1.32 bits per heavy atom. The van der Waals surface area contributed by atoms with Gasteiger partial charge in [-0.1, -0.05) is 13.8 Å². The van der Waals surface area contributed by atoms with Crippen LogP contribution >= 0.6 is 0 Å². The van der Waals surface area contributed by atoms with E-state index < -0.39 is 5.63 Å². The third-order valence-corrected chi connectivity index (χ3v) is 3.28. The van der Waals surface area contributed by atoms with E-state index in [0.29, 0.717) is 41.4 Å². The highest BCUT2D eigenvalue weighted by Gasteiger charge is 2.13. The molecule has 0 saturated heterocycles. The first-order chi connectivity index (χ1) is 10.5. The molecule has 2 aromatic rings. The molecule has 0 aliphatic heterocycles. The summed E-state index contributed by atoms with van der Waals surface area (Å²) < 4.78 is 10.5. The van der Waals surface area contributed by atoms with Crippen molar-refractivity contribution in [3.05, 3.63) is 40.2 Å². The maximum Gasteiger partial charge on any atom is 0.337 e. The van der Waals surface area contributed by atoms with Crippen LogP contribution in [0.4, 0.5) is 0 Å². The highest BCUT2D eigenvalue weighted by atomic mass is 16.5. The first-order valence-corrected chi connectivity index (χ1v) is 7.50. The molecule has 5 heteroatoms. The molecule has 0 aliphatic carbocycles. The molecule has 1 aromatic heterocycles. The van der Waals surface area contributed by atoms with E-state index in [0.717, 1.165) is 6.42 Å². The molecule has 0 atom stereocenters. The number of nitrogens with one attached hydrogen (secondary N) is 1. The Hall–Kier alpha value is -2.30. The predicted octanol–water partition coefficient (Wildman–Crippen LogP) is 2.97. The highest BCUT2D eigenvalue weighted by molar-refractivity contribution is 6.05. The van der Waals surface area contributed by atoms with Crippen LogP contribution in [0.1, 0.15) is 37.6 Å². The summed E-state index contributed by atoms with van der Waals surface area (Å²) in [6, 6.07) is 6.36. The number of ether oxygens (including phenoxy) is 1. The van der Waals surface area contributed by atoms with E-state index >= 15 is 0 Å². The van der Waals surface area contributed by atoms with E-state index in [2.05, 4.69) is 19.2 Å². The van der Waals surface area contributed by atoms with E-state index in [9.17, 15) is 9.59 Å². The van der Waals surface area contributed by atoms with Gasteiger partial charge in [-0.2, -0.15) is 0 Å². The number of amides is 1. The highest BCUT2D eigenvalue weighted by Crippen LogP contribution is 2.22. The van der Waals surface area contributed by atoms with Gasteiger partial charge in [0.15, 0.2) is 0 Å². The third kappa shape index (κ3) is 3.87. The molecule has 118 valence electrons. The Labute approximate surface area is 129 Å². The van der Waals surface area contributed by atoms with Gasteiger partial charge in [0.25, 0.3) is 5.91 Å². The molecule has 0 unspecified atom stereocenters. The number of benzene rings is 1. The van der Waals surface area contributed by atoms with Gasteiger partial charge in [-0.15, -0.1) is 0 Å². The van der Waals surface area contributed by atoms with Crippen molar-refractivity contribution >= 4 is 16.9 Å². The van der Waals surface area contributed by atoms with Gasteiger partial charge in [0.1, 0.15) is 11.3 Å². The predicted molar refractivity (Wildman–Crippen MR) is 85.4 cm³/mol. The molecule has 1 heterocycles. The average molecular weight is 303 g/mol. The molecule has 0 radical (unpaired) electrons. The Bertz CT molecular complexity index is 718. The Kier molecular flexibility index (Phi) is 5.20. The van der Waals surface area contributed by atoms with Crippen LogP contribution in [0.2, 0.25) is 0 Å². The van der Waals surface area contributed by atoms with Gasteiger partial charge in [0, 0.05) is 24.1 Å². The van der Waals surface area contributed by atoms with Crippen molar-refractivity contribution in [2.45, 2.75) is 27.2 Å². The lowest BCUT2D eigenvalue weighted by molar-refractivity contribution is 0.0953. The van der Waals surface area contributed by atoms with Crippen molar-refractivity contribution in [3.63, 3.8) is 0 Å². The van der Waals surface area contributed by atoms with Gasteiger partial charge >= 0.3 is 5.63 Å². The van der Waals surface area contributed by atoms with Crippen LogP contribution in [0.25, 0.3) is 11.0 Å². The summed E-state index contributed by atoms with van der Waals surface area (Å²) in [4.78, 5) is 24.0. The van der Waals surface area contributed by atoms with Crippen LogP contribution in [-0.2, 0) is 0 Å². The zero-order valence-electron chi connectivity index (χ0n) is 13.1. The van der Waals surface area contributed by atoms with Crippen molar-refractivity contribution in [2.75, 3.05) is 13.2 Å². The topological polar surface area (TPSA) is 68.5 Å². The van der Waals surface area contributed by atoms with Crippen molar-refractivity contribution < 1.29 is 13.9 Å². The Morgan fingerprint density at radius 3 is 2.77 bits per heavy atom. The van der Waals surface area contributed by atoms with Gasteiger partial charge in [-0.25, -0.2) is 4.79 Å². The van der Waals surface area contributed by atoms with Gasteiger partial charge in [0.2, 0.25) is 0 Å². The number of carbonyl (C=O) groups is 1. The molecule has 5 nitrogen and oxygen atoms in total. The maximum atomic E-state index is 12.3. The molecule has 0 bridgehead atoms. The molecule has 1 amide bonds. The molecule has 0 spiro atoms. The van der Waals surface area contributed by atoms with Crippen LogP contribution < -0.4 is 15.7 Å². The first kappa shape index (κ1) is 16.1. The van der Waals surface area contributed by atoms with Crippen molar-refractivity contribution in [1.29, 1.82) is 0 Å². The fraction of sp³-hybridized carbons (Fsp3) is 0.412. The largest absolute Gasteiger partial charge is 0.494 e. The summed E-state index contributed by atoms with van der Waals surface area (Å²) in [7, 11) is 0. The van der Waals surface area contributed by atoms with E-state index in [1.54, 1.807) is 18.2 Å². The third-order valence-electron chi connectivity index (χ3n) is 3.28. The maximum absolute atomic E-state index is 12.3. The summed E-state index contributed by atoms with van der Waals surface area (Å²) in [6.07, 6.45) is 0.888. The molecule has 22 heavy (non-hydrogen) atoms. The van der Waals surface area contributed by atoms with Crippen molar-refractivity contribution in [1.82, 2.24) is 5.32 Å². The zero-order valence-corrected chi connectivity index (χ0v) is 13.1. The number of hydrogen-bond acceptors (Lipinski definition) is 4. The van der Waals surface area contributed by atoms with E-state index in [4.69, 9.17) is 9.15 Å². The fourth-order valence-corrected chi connectivity index (χ4v) is 2.16. The van der Waals surface area contributed by atoms with Crippen LogP contribution in [0.5, 0.6) is 5.75 Å². The summed E-state index contributed by atoms with van der Waals surface area (Å²) >= 11 is 0. The number of fused-ring (bicyclic) bond motifs is 1. The van der Waals surface area contributed by atoms with Gasteiger partial charge in [0.05, 0.1) is 12.2 Å². The van der Waals surface area contributed by atoms with E-state index in [-0.39, 0.29) is 5.91 Å². The second-order valence-corrected chi connectivity index (χ2v) is 5.51. The summed E-state index contributed by atoms with van der Waals surface area (Å²) in [5.74, 6) is 0.852. The van der Waals surface area contributed by atoms with Crippen LogP contribution in [0, 0.1) is 5.92 Å². The average Bonchev–Trinajstić information content (AvgIpc) is 2.45. The molecular weight excluding hydrogens is 282 g/mol. The van der Waals surface area contributed by atoms with Gasteiger partial charge < -0.3 is 14.5 Å². The number of hydrogen-bond donors (Lipinski definition) is 1. The second kappa shape index (κ2) is 7.11. The lowest BCUT2D eigenvalue weighted by atomic mass is 10.1. The van der Waals surface area contributed by atoms with Gasteiger partial charge in [-0.05, 0) is 31.4 Å². The molecule has 0 saturated carbocycles. The van der Waals surface area contributed by atoms with E-state index in [1.807, 2.05) is 6.92 Å². The normalized spacial score (nSPS) is 10.9. The lowest BCUT2D eigenvalue weighted by Crippen LogP contribution is -2.26. The monoisotopic (exact) mass is 303 g/mol. The van der Waals surface area contributed by atoms with Crippen molar-refractivity contribution in [2.24, 2.45) is 5.92 Å². The minimum Gasteiger partial charge on any atom is -0.494 e.